The van der Waals surface area contributed by atoms with E-state index in [0.29, 0.717) is 4.88 Å². The fourth-order valence-electron chi connectivity index (χ4n) is 3.97. The van der Waals surface area contributed by atoms with Gasteiger partial charge in [-0.1, -0.05) is 72.0 Å². The number of nitrogens with one attached hydrogen (secondary N) is 2. The maximum atomic E-state index is 12.8. The summed E-state index contributed by atoms with van der Waals surface area (Å²) in [6.45, 7) is 5.71. The zero-order chi connectivity index (χ0) is 21.5. The summed E-state index contributed by atoms with van der Waals surface area (Å²) in [6.07, 6.45) is 2.90. The number of carbonyl (C=O) groups is 1. The molecule has 162 valence electrons. The van der Waals surface area contributed by atoms with Gasteiger partial charge < -0.3 is 10.6 Å². The molecule has 3 aromatic rings. The SMILES string of the molecule is Cc1nc(NCCc2ccccc2)sc1C(=O)NC1CCN(Cc2ccccc2)CC1. The lowest BCUT2D eigenvalue weighted by Gasteiger charge is -2.32. The van der Waals surface area contributed by atoms with Gasteiger partial charge in [0, 0.05) is 32.2 Å². The average molecular weight is 435 g/mol. The number of piperidine rings is 1. The first-order valence-corrected chi connectivity index (χ1v) is 11.8. The molecular formula is C25H30N4OS. The molecule has 1 aliphatic heterocycles. The van der Waals surface area contributed by atoms with Gasteiger partial charge in [-0.05, 0) is 37.3 Å². The fraction of sp³-hybridized carbons (Fsp3) is 0.360. The van der Waals surface area contributed by atoms with Crippen LogP contribution in [-0.2, 0) is 13.0 Å². The minimum Gasteiger partial charge on any atom is -0.361 e. The van der Waals surface area contributed by atoms with Gasteiger partial charge in [0.05, 0.1) is 5.69 Å². The van der Waals surface area contributed by atoms with Crippen molar-refractivity contribution >= 4 is 22.4 Å². The summed E-state index contributed by atoms with van der Waals surface area (Å²) in [5.41, 5.74) is 3.43. The first-order valence-electron chi connectivity index (χ1n) is 11.0. The number of benzene rings is 2. The lowest BCUT2D eigenvalue weighted by molar-refractivity contribution is 0.0912. The van der Waals surface area contributed by atoms with Crippen LogP contribution in [0, 0.1) is 6.92 Å². The van der Waals surface area contributed by atoms with Crippen molar-refractivity contribution in [2.45, 2.75) is 38.8 Å². The Kier molecular flexibility index (Phi) is 7.33. The predicted octanol–water partition coefficient (Wildman–Crippen LogP) is 4.50. The summed E-state index contributed by atoms with van der Waals surface area (Å²) in [6, 6.07) is 21.2. The fourth-order valence-corrected chi connectivity index (χ4v) is 4.86. The van der Waals surface area contributed by atoms with E-state index in [-0.39, 0.29) is 11.9 Å². The summed E-state index contributed by atoms with van der Waals surface area (Å²) in [4.78, 5) is 20.6. The molecule has 2 heterocycles. The summed E-state index contributed by atoms with van der Waals surface area (Å²) in [7, 11) is 0. The van der Waals surface area contributed by atoms with Gasteiger partial charge in [-0.2, -0.15) is 0 Å². The molecule has 31 heavy (non-hydrogen) atoms. The van der Waals surface area contributed by atoms with Gasteiger partial charge in [0.2, 0.25) is 0 Å². The van der Waals surface area contributed by atoms with E-state index >= 15 is 0 Å². The molecule has 5 nitrogen and oxygen atoms in total. The van der Waals surface area contributed by atoms with Crippen molar-refractivity contribution in [2.24, 2.45) is 0 Å². The Hall–Kier alpha value is -2.70. The van der Waals surface area contributed by atoms with E-state index in [1.165, 1.54) is 22.5 Å². The van der Waals surface area contributed by atoms with Crippen molar-refractivity contribution in [1.82, 2.24) is 15.2 Å². The van der Waals surface area contributed by atoms with Gasteiger partial charge in [-0.15, -0.1) is 0 Å². The zero-order valence-corrected chi connectivity index (χ0v) is 18.8. The van der Waals surface area contributed by atoms with E-state index in [1.54, 1.807) is 0 Å². The highest BCUT2D eigenvalue weighted by molar-refractivity contribution is 7.17. The molecule has 6 heteroatoms. The van der Waals surface area contributed by atoms with Crippen LogP contribution in [0.2, 0.25) is 0 Å². The quantitative estimate of drug-likeness (QED) is 0.548. The van der Waals surface area contributed by atoms with Gasteiger partial charge in [0.1, 0.15) is 4.88 Å². The minimum absolute atomic E-state index is 0.00705. The first kappa shape index (κ1) is 21.5. The molecule has 0 unspecified atom stereocenters. The third-order valence-corrected chi connectivity index (χ3v) is 6.82. The van der Waals surface area contributed by atoms with Gasteiger partial charge in [0.15, 0.2) is 5.13 Å². The van der Waals surface area contributed by atoms with Crippen molar-refractivity contribution in [3.8, 4) is 0 Å². The second kappa shape index (κ2) is 10.6. The number of nitrogens with zero attached hydrogens (tertiary/aromatic N) is 2. The Balaban J connectivity index is 1.23. The molecule has 0 atom stereocenters. The number of hydrogen-bond donors (Lipinski definition) is 2. The van der Waals surface area contributed by atoms with Crippen LogP contribution in [0.25, 0.3) is 0 Å². The Bertz CT molecular complexity index is 966. The molecule has 4 rings (SSSR count). The van der Waals surface area contributed by atoms with Crippen molar-refractivity contribution in [3.63, 3.8) is 0 Å². The molecule has 2 N–H and O–H groups in total. The van der Waals surface area contributed by atoms with E-state index < -0.39 is 0 Å². The highest BCUT2D eigenvalue weighted by atomic mass is 32.1. The third-order valence-electron chi connectivity index (χ3n) is 5.71. The summed E-state index contributed by atoms with van der Waals surface area (Å²) in [5, 5.41) is 7.41. The maximum absolute atomic E-state index is 12.8. The zero-order valence-electron chi connectivity index (χ0n) is 18.0. The third kappa shape index (κ3) is 6.15. The normalized spacial score (nSPS) is 15.0. The van der Waals surface area contributed by atoms with Gasteiger partial charge >= 0.3 is 0 Å². The standard InChI is InChI=1S/C25H30N4OS/c1-19-23(31-25(27-19)26-15-12-20-8-4-2-5-9-20)24(30)28-22-13-16-29(17-14-22)18-21-10-6-3-7-11-21/h2-11,22H,12-18H2,1H3,(H,26,27)(H,28,30). The topological polar surface area (TPSA) is 57.3 Å². The summed E-state index contributed by atoms with van der Waals surface area (Å²) >= 11 is 1.45. The molecule has 0 aliphatic carbocycles. The van der Waals surface area contributed by atoms with Crippen molar-refractivity contribution in [1.29, 1.82) is 0 Å². The van der Waals surface area contributed by atoms with Gasteiger partial charge in [-0.25, -0.2) is 4.98 Å². The highest BCUT2D eigenvalue weighted by Crippen LogP contribution is 2.23. The monoisotopic (exact) mass is 434 g/mol. The van der Waals surface area contributed by atoms with E-state index in [9.17, 15) is 4.79 Å². The smallest absolute Gasteiger partial charge is 0.263 e. The van der Waals surface area contributed by atoms with Crippen LogP contribution in [0.3, 0.4) is 0 Å². The number of hydrogen-bond acceptors (Lipinski definition) is 5. The number of aromatic nitrogens is 1. The van der Waals surface area contributed by atoms with Crippen molar-refractivity contribution < 1.29 is 4.79 Å². The second-order valence-electron chi connectivity index (χ2n) is 8.11. The van der Waals surface area contributed by atoms with Crippen LogP contribution in [0.15, 0.2) is 60.7 Å². The van der Waals surface area contributed by atoms with Crippen LogP contribution in [0.4, 0.5) is 5.13 Å². The molecule has 1 amide bonds. The van der Waals surface area contributed by atoms with E-state index in [2.05, 4.69) is 75.1 Å². The lowest BCUT2D eigenvalue weighted by Crippen LogP contribution is -2.44. The molecule has 0 saturated carbocycles. The van der Waals surface area contributed by atoms with Gasteiger partial charge in [0.25, 0.3) is 5.91 Å². The molecule has 1 aliphatic rings. The summed E-state index contributed by atoms with van der Waals surface area (Å²) in [5.74, 6) is 0.00705. The Morgan fingerprint density at radius 2 is 1.68 bits per heavy atom. The second-order valence-corrected chi connectivity index (χ2v) is 9.10. The van der Waals surface area contributed by atoms with E-state index in [1.807, 2.05) is 13.0 Å². The van der Waals surface area contributed by atoms with E-state index in [4.69, 9.17) is 0 Å². The number of likely N-dealkylation sites (tertiary alicyclic amines) is 1. The first-order chi connectivity index (χ1) is 15.2. The predicted molar refractivity (Wildman–Crippen MR) is 128 cm³/mol. The largest absolute Gasteiger partial charge is 0.361 e. The van der Waals surface area contributed by atoms with Gasteiger partial charge in [-0.3, -0.25) is 9.69 Å². The Morgan fingerprint density at radius 3 is 2.35 bits per heavy atom. The number of carbonyl (C=O) groups excluding carboxylic acids is 1. The molecule has 1 saturated heterocycles. The van der Waals surface area contributed by atoms with Crippen LogP contribution in [-0.4, -0.2) is 41.5 Å². The molecular weight excluding hydrogens is 404 g/mol. The summed E-state index contributed by atoms with van der Waals surface area (Å²) < 4.78 is 0. The van der Waals surface area contributed by atoms with E-state index in [0.717, 1.165) is 56.3 Å². The molecule has 0 radical (unpaired) electrons. The van der Waals surface area contributed by atoms with Crippen LogP contribution >= 0.6 is 11.3 Å². The Morgan fingerprint density at radius 1 is 1.03 bits per heavy atom. The van der Waals surface area contributed by atoms with Crippen LogP contribution in [0.5, 0.6) is 0 Å². The molecule has 2 aromatic carbocycles. The lowest BCUT2D eigenvalue weighted by atomic mass is 10.0. The Labute approximate surface area is 188 Å². The number of aryl methyl sites for hydroxylation is 1. The number of rotatable bonds is 8. The van der Waals surface area contributed by atoms with Crippen LogP contribution < -0.4 is 10.6 Å². The van der Waals surface area contributed by atoms with Crippen molar-refractivity contribution in [2.75, 3.05) is 25.0 Å². The number of amides is 1. The van der Waals surface area contributed by atoms with Crippen molar-refractivity contribution in [3.05, 3.63) is 82.4 Å². The molecule has 1 aromatic heterocycles. The number of thiazole rings is 1. The molecule has 1 fully saturated rings. The number of anilines is 1. The minimum atomic E-state index is 0.00705. The van der Waals surface area contributed by atoms with Crippen LogP contribution in [0.1, 0.15) is 39.3 Å². The average Bonchev–Trinajstić information content (AvgIpc) is 3.17. The maximum Gasteiger partial charge on any atom is 0.263 e. The molecule has 0 spiro atoms. The molecule has 0 bridgehead atoms. The highest BCUT2D eigenvalue weighted by Gasteiger charge is 2.23.